The van der Waals surface area contributed by atoms with Crippen molar-refractivity contribution in [2.75, 3.05) is 13.2 Å². The second kappa shape index (κ2) is 14.4. The van der Waals surface area contributed by atoms with Crippen LogP contribution in [-0.2, 0) is 33.7 Å². The normalized spacial score (nSPS) is 11.8. The maximum atomic E-state index is 13.7. The van der Waals surface area contributed by atoms with Crippen molar-refractivity contribution >= 4 is 23.4 Å². The van der Waals surface area contributed by atoms with Gasteiger partial charge in [0.2, 0.25) is 11.8 Å². The van der Waals surface area contributed by atoms with Gasteiger partial charge < -0.3 is 15.0 Å². The first-order chi connectivity index (χ1) is 17.4. The van der Waals surface area contributed by atoms with Crippen molar-refractivity contribution in [1.82, 2.24) is 10.2 Å². The number of carbonyl (C=O) groups excluding carboxylic acids is 2. The summed E-state index contributed by atoms with van der Waals surface area (Å²) in [5.41, 5.74) is 2.82. The van der Waals surface area contributed by atoms with Crippen LogP contribution in [0.3, 0.4) is 0 Å². The summed E-state index contributed by atoms with van der Waals surface area (Å²) in [6.07, 6.45) is 1.47. The number of benzene rings is 3. The van der Waals surface area contributed by atoms with Crippen LogP contribution in [0.1, 0.15) is 37.0 Å². The molecular formula is C30H35ClN2O3. The Hall–Kier alpha value is -3.15. The number of ether oxygens (including phenoxy) is 1. The van der Waals surface area contributed by atoms with Crippen molar-refractivity contribution < 1.29 is 14.3 Å². The molecule has 0 aromatic heterocycles. The van der Waals surface area contributed by atoms with Gasteiger partial charge in [0.15, 0.2) is 0 Å². The van der Waals surface area contributed by atoms with Gasteiger partial charge in [-0.25, -0.2) is 0 Å². The van der Waals surface area contributed by atoms with Crippen molar-refractivity contribution in [3.8, 4) is 0 Å². The molecule has 2 amide bonds. The number of carbonyl (C=O) groups is 2. The lowest BCUT2D eigenvalue weighted by atomic mass is 10.0. The molecule has 0 heterocycles. The van der Waals surface area contributed by atoms with E-state index >= 15 is 0 Å². The zero-order chi connectivity index (χ0) is 25.8. The molecule has 0 aliphatic heterocycles. The molecule has 0 spiro atoms. The minimum atomic E-state index is -0.654. The summed E-state index contributed by atoms with van der Waals surface area (Å²) in [4.78, 5) is 28.9. The molecule has 36 heavy (non-hydrogen) atoms. The lowest BCUT2D eigenvalue weighted by Gasteiger charge is -2.31. The Bertz CT molecular complexity index is 1070. The van der Waals surface area contributed by atoms with E-state index in [-0.39, 0.29) is 24.3 Å². The van der Waals surface area contributed by atoms with Gasteiger partial charge in [0.05, 0.1) is 12.5 Å². The maximum Gasteiger partial charge on any atom is 0.243 e. The van der Waals surface area contributed by atoms with E-state index in [0.717, 1.165) is 16.7 Å². The highest BCUT2D eigenvalue weighted by atomic mass is 35.5. The molecule has 190 valence electrons. The highest BCUT2D eigenvalue weighted by Crippen LogP contribution is 2.17. The smallest absolute Gasteiger partial charge is 0.243 e. The summed E-state index contributed by atoms with van der Waals surface area (Å²) < 4.78 is 5.59. The van der Waals surface area contributed by atoms with Crippen LogP contribution >= 0.6 is 11.6 Å². The molecule has 0 saturated carbocycles. The average Bonchev–Trinajstić information content (AvgIpc) is 2.88. The van der Waals surface area contributed by atoms with Crippen LogP contribution in [0.4, 0.5) is 0 Å². The minimum absolute atomic E-state index is 0.111. The maximum absolute atomic E-state index is 13.7. The Kier molecular flexibility index (Phi) is 11.0. The van der Waals surface area contributed by atoms with Crippen molar-refractivity contribution in [1.29, 1.82) is 0 Å². The predicted octanol–water partition coefficient (Wildman–Crippen LogP) is 5.45. The lowest BCUT2D eigenvalue weighted by molar-refractivity contribution is -0.140. The third-order valence-electron chi connectivity index (χ3n) is 5.81. The second-order valence-corrected chi connectivity index (χ2v) is 9.52. The van der Waals surface area contributed by atoms with Crippen LogP contribution in [0.15, 0.2) is 84.9 Å². The Balaban J connectivity index is 1.84. The van der Waals surface area contributed by atoms with E-state index in [2.05, 4.69) is 5.32 Å². The predicted molar refractivity (Wildman–Crippen MR) is 145 cm³/mol. The summed E-state index contributed by atoms with van der Waals surface area (Å²) in [6, 6.07) is 26.2. The summed E-state index contributed by atoms with van der Waals surface area (Å²) in [5.74, 6) is -0.274. The highest BCUT2D eigenvalue weighted by Gasteiger charge is 2.30. The molecule has 5 nitrogen and oxygen atoms in total. The van der Waals surface area contributed by atoms with Crippen LogP contribution in [0.2, 0.25) is 5.02 Å². The van der Waals surface area contributed by atoms with Gasteiger partial charge in [-0.1, -0.05) is 84.4 Å². The third-order valence-corrected chi connectivity index (χ3v) is 6.06. The van der Waals surface area contributed by atoms with E-state index in [1.807, 2.05) is 86.6 Å². The van der Waals surface area contributed by atoms with Gasteiger partial charge >= 0.3 is 0 Å². The SMILES string of the molecule is CC(C)OCCCNC(=O)[C@@H](Cc1ccccc1)N(Cc1ccccc1)C(=O)Cc1ccc(Cl)cc1. The lowest BCUT2D eigenvalue weighted by Crippen LogP contribution is -2.51. The van der Waals surface area contributed by atoms with Crippen molar-refractivity contribution in [3.05, 3.63) is 107 Å². The quantitative estimate of drug-likeness (QED) is 0.313. The molecular weight excluding hydrogens is 472 g/mol. The molecule has 0 aliphatic carbocycles. The summed E-state index contributed by atoms with van der Waals surface area (Å²) in [7, 11) is 0. The van der Waals surface area contributed by atoms with Gasteiger partial charge in [-0.05, 0) is 49.1 Å². The molecule has 3 rings (SSSR count). The van der Waals surface area contributed by atoms with Gasteiger partial charge in [-0.15, -0.1) is 0 Å². The molecule has 0 fully saturated rings. The van der Waals surface area contributed by atoms with Crippen molar-refractivity contribution in [3.63, 3.8) is 0 Å². The van der Waals surface area contributed by atoms with Crippen molar-refractivity contribution in [2.45, 2.75) is 51.8 Å². The molecule has 0 saturated heterocycles. The zero-order valence-corrected chi connectivity index (χ0v) is 21.8. The fourth-order valence-corrected chi connectivity index (χ4v) is 4.06. The van der Waals surface area contributed by atoms with Crippen molar-refractivity contribution in [2.24, 2.45) is 0 Å². The molecule has 0 radical (unpaired) electrons. The van der Waals surface area contributed by atoms with Crippen LogP contribution < -0.4 is 5.32 Å². The Labute approximate surface area is 219 Å². The van der Waals surface area contributed by atoms with E-state index in [0.29, 0.717) is 37.6 Å². The summed E-state index contributed by atoms with van der Waals surface area (Å²) >= 11 is 6.03. The van der Waals surface area contributed by atoms with Crippen LogP contribution in [0.25, 0.3) is 0 Å². The molecule has 3 aromatic rings. The van der Waals surface area contributed by atoms with E-state index in [1.54, 1.807) is 17.0 Å². The van der Waals surface area contributed by atoms with E-state index < -0.39 is 6.04 Å². The number of rotatable bonds is 13. The first-order valence-electron chi connectivity index (χ1n) is 12.4. The third kappa shape index (κ3) is 9.14. The van der Waals surface area contributed by atoms with E-state index in [4.69, 9.17) is 16.3 Å². The average molecular weight is 507 g/mol. The Morgan fingerprint density at radius 3 is 2.08 bits per heavy atom. The number of nitrogens with one attached hydrogen (secondary N) is 1. The molecule has 6 heteroatoms. The first-order valence-corrected chi connectivity index (χ1v) is 12.8. The molecule has 0 aliphatic rings. The fourth-order valence-electron chi connectivity index (χ4n) is 3.93. The highest BCUT2D eigenvalue weighted by molar-refractivity contribution is 6.30. The minimum Gasteiger partial charge on any atom is -0.379 e. The van der Waals surface area contributed by atoms with Gasteiger partial charge in [-0.3, -0.25) is 9.59 Å². The molecule has 0 unspecified atom stereocenters. The van der Waals surface area contributed by atoms with Crippen LogP contribution in [-0.4, -0.2) is 42.0 Å². The van der Waals surface area contributed by atoms with Gasteiger partial charge in [0.1, 0.15) is 6.04 Å². The second-order valence-electron chi connectivity index (χ2n) is 9.08. The largest absolute Gasteiger partial charge is 0.379 e. The first kappa shape index (κ1) is 27.4. The number of amides is 2. The summed E-state index contributed by atoms with van der Waals surface area (Å²) in [5, 5.41) is 3.66. The molecule has 0 bridgehead atoms. The van der Waals surface area contributed by atoms with E-state index in [9.17, 15) is 9.59 Å². The zero-order valence-electron chi connectivity index (χ0n) is 21.0. The van der Waals surface area contributed by atoms with Crippen LogP contribution in [0.5, 0.6) is 0 Å². The Morgan fingerprint density at radius 2 is 1.47 bits per heavy atom. The number of nitrogens with zero attached hydrogens (tertiary/aromatic N) is 1. The molecule has 3 aromatic carbocycles. The standard InChI is InChI=1S/C30H35ClN2O3/c1-23(2)36-19-9-18-32-30(35)28(20-24-10-5-3-6-11-24)33(22-26-12-7-4-8-13-26)29(34)21-25-14-16-27(31)17-15-25/h3-8,10-17,23,28H,9,18-22H2,1-2H3,(H,32,35)/t28-/m1/s1. The van der Waals surface area contributed by atoms with Gasteiger partial charge in [-0.2, -0.15) is 0 Å². The van der Waals surface area contributed by atoms with E-state index in [1.165, 1.54) is 0 Å². The van der Waals surface area contributed by atoms with Gasteiger partial charge in [0.25, 0.3) is 0 Å². The van der Waals surface area contributed by atoms with Gasteiger partial charge in [0, 0.05) is 31.1 Å². The summed E-state index contributed by atoms with van der Waals surface area (Å²) in [6.45, 7) is 5.38. The number of hydrogen-bond acceptors (Lipinski definition) is 3. The Morgan fingerprint density at radius 1 is 0.861 bits per heavy atom. The molecule has 1 atom stereocenters. The fraction of sp³-hybridized carbons (Fsp3) is 0.333. The topological polar surface area (TPSA) is 58.6 Å². The molecule has 1 N–H and O–H groups in total. The number of hydrogen-bond donors (Lipinski definition) is 1. The monoisotopic (exact) mass is 506 g/mol. The number of halogens is 1. The van der Waals surface area contributed by atoms with Crippen LogP contribution in [0, 0.1) is 0 Å².